The summed E-state index contributed by atoms with van der Waals surface area (Å²) >= 11 is 0. The predicted octanol–water partition coefficient (Wildman–Crippen LogP) is 1.03. The van der Waals surface area contributed by atoms with Crippen LogP contribution in [0.15, 0.2) is 35.4 Å². The number of piperidine rings is 1. The van der Waals surface area contributed by atoms with E-state index in [1.54, 1.807) is 18.2 Å². The number of nitrogens with zero attached hydrogens (tertiary/aromatic N) is 3. The Morgan fingerprint density at radius 3 is 2.96 bits per heavy atom. The lowest BCUT2D eigenvalue weighted by Crippen LogP contribution is -2.48. The molecule has 1 saturated heterocycles. The SMILES string of the molecule is CNC1CCCN(C(=O)Cn2cnc3ccccc3c2=O)C1.Cl. The molecule has 1 aromatic carbocycles. The van der Waals surface area contributed by atoms with Crippen LogP contribution in [-0.4, -0.2) is 46.5 Å². The summed E-state index contributed by atoms with van der Waals surface area (Å²) in [5, 5.41) is 3.76. The third kappa shape index (κ3) is 3.71. The maximum Gasteiger partial charge on any atom is 0.261 e. The van der Waals surface area contributed by atoms with Gasteiger partial charge in [-0.25, -0.2) is 4.98 Å². The van der Waals surface area contributed by atoms with Gasteiger partial charge in [-0.05, 0) is 32.0 Å². The second-order valence-electron chi connectivity index (χ2n) is 5.66. The molecule has 1 amide bonds. The molecule has 0 bridgehead atoms. The van der Waals surface area contributed by atoms with Crippen molar-refractivity contribution in [3.8, 4) is 0 Å². The Kier molecular flexibility index (Phi) is 5.74. The molecule has 6 nitrogen and oxygen atoms in total. The number of aromatic nitrogens is 2. The van der Waals surface area contributed by atoms with Gasteiger partial charge in [0.15, 0.2) is 0 Å². The Hall–Kier alpha value is -1.92. The lowest BCUT2D eigenvalue weighted by Gasteiger charge is -2.32. The lowest BCUT2D eigenvalue weighted by atomic mass is 10.1. The first-order valence-electron chi connectivity index (χ1n) is 7.58. The molecule has 1 aliphatic heterocycles. The van der Waals surface area contributed by atoms with Crippen LogP contribution in [0, 0.1) is 0 Å². The summed E-state index contributed by atoms with van der Waals surface area (Å²) < 4.78 is 1.40. The third-order valence-corrected chi connectivity index (χ3v) is 4.22. The Labute approximate surface area is 140 Å². The molecule has 7 heteroatoms. The molecule has 0 aliphatic carbocycles. The molecule has 1 fully saturated rings. The molecule has 0 radical (unpaired) electrons. The fourth-order valence-electron chi connectivity index (χ4n) is 2.90. The maximum absolute atomic E-state index is 12.4. The Morgan fingerprint density at radius 1 is 1.39 bits per heavy atom. The fourth-order valence-corrected chi connectivity index (χ4v) is 2.90. The summed E-state index contributed by atoms with van der Waals surface area (Å²) in [7, 11) is 1.91. The largest absolute Gasteiger partial charge is 0.340 e. The average Bonchev–Trinajstić information content (AvgIpc) is 2.57. The van der Waals surface area contributed by atoms with E-state index in [0.717, 1.165) is 19.4 Å². The van der Waals surface area contributed by atoms with Gasteiger partial charge in [0, 0.05) is 19.1 Å². The number of hydrogen-bond donors (Lipinski definition) is 1. The van der Waals surface area contributed by atoms with Gasteiger partial charge in [-0.1, -0.05) is 12.1 Å². The molecule has 2 aromatic rings. The number of carbonyl (C=O) groups is 1. The van der Waals surface area contributed by atoms with Gasteiger partial charge < -0.3 is 10.2 Å². The Bertz CT molecular complexity index is 746. The summed E-state index contributed by atoms with van der Waals surface area (Å²) in [5.74, 6) is -0.0286. The van der Waals surface area contributed by atoms with E-state index in [2.05, 4.69) is 10.3 Å². The number of para-hydroxylation sites is 1. The van der Waals surface area contributed by atoms with E-state index < -0.39 is 0 Å². The van der Waals surface area contributed by atoms with Crippen LogP contribution in [0.1, 0.15) is 12.8 Å². The minimum absolute atomic E-state index is 0. The van der Waals surface area contributed by atoms with Gasteiger partial charge in [0.1, 0.15) is 6.54 Å². The molecule has 1 N–H and O–H groups in total. The van der Waals surface area contributed by atoms with Crippen LogP contribution in [0.25, 0.3) is 10.9 Å². The third-order valence-electron chi connectivity index (χ3n) is 4.22. The zero-order valence-electron chi connectivity index (χ0n) is 13.1. The normalized spacial score (nSPS) is 17.8. The second kappa shape index (κ2) is 7.57. The number of benzene rings is 1. The van der Waals surface area contributed by atoms with Crippen LogP contribution in [0.5, 0.6) is 0 Å². The molecule has 1 aliphatic rings. The van der Waals surface area contributed by atoms with Crippen molar-refractivity contribution in [2.24, 2.45) is 0 Å². The van der Waals surface area contributed by atoms with Crippen molar-refractivity contribution in [3.63, 3.8) is 0 Å². The van der Waals surface area contributed by atoms with Crippen molar-refractivity contribution < 1.29 is 4.79 Å². The first kappa shape index (κ1) is 17.4. The molecular weight excluding hydrogens is 316 g/mol. The Morgan fingerprint density at radius 2 is 2.17 bits per heavy atom. The summed E-state index contributed by atoms with van der Waals surface area (Å²) in [6.45, 7) is 1.50. The highest BCUT2D eigenvalue weighted by atomic mass is 35.5. The van der Waals surface area contributed by atoms with Crippen LogP contribution in [0.3, 0.4) is 0 Å². The number of amides is 1. The molecule has 0 spiro atoms. The number of likely N-dealkylation sites (tertiary alicyclic amines) is 1. The number of rotatable bonds is 3. The quantitative estimate of drug-likeness (QED) is 0.909. The topological polar surface area (TPSA) is 67.2 Å². The summed E-state index contributed by atoms with van der Waals surface area (Å²) in [6.07, 6.45) is 3.53. The predicted molar refractivity (Wildman–Crippen MR) is 91.9 cm³/mol. The second-order valence-corrected chi connectivity index (χ2v) is 5.66. The monoisotopic (exact) mass is 336 g/mol. The van der Waals surface area contributed by atoms with Gasteiger partial charge in [0.05, 0.1) is 17.2 Å². The highest BCUT2D eigenvalue weighted by Crippen LogP contribution is 2.10. The smallest absolute Gasteiger partial charge is 0.261 e. The van der Waals surface area contributed by atoms with Crippen LogP contribution in [0.2, 0.25) is 0 Å². The highest BCUT2D eigenvalue weighted by molar-refractivity contribution is 5.85. The highest BCUT2D eigenvalue weighted by Gasteiger charge is 2.22. The first-order chi connectivity index (χ1) is 10.7. The minimum atomic E-state index is -0.166. The number of likely N-dealkylation sites (N-methyl/N-ethyl adjacent to an activating group) is 1. The zero-order valence-corrected chi connectivity index (χ0v) is 13.9. The molecule has 1 aromatic heterocycles. The lowest BCUT2D eigenvalue weighted by molar-refractivity contribution is -0.133. The van der Waals surface area contributed by atoms with Crippen LogP contribution < -0.4 is 10.9 Å². The molecule has 1 unspecified atom stereocenters. The summed E-state index contributed by atoms with van der Waals surface area (Å²) in [6, 6.07) is 7.52. The van der Waals surface area contributed by atoms with Crippen LogP contribution in [-0.2, 0) is 11.3 Å². The number of hydrogen-bond acceptors (Lipinski definition) is 4. The van der Waals surface area contributed by atoms with Gasteiger partial charge in [-0.15, -0.1) is 12.4 Å². The van der Waals surface area contributed by atoms with Gasteiger partial charge in [-0.3, -0.25) is 14.2 Å². The molecule has 0 saturated carbocycles. The van der Waals surface area contributed by atoms with Gasteiger partial charge >= 0.3 is 0 Å². The number of fused-ring (bicyclic) bond motifs is 1. The van der Waals surface area contributed by atoms with Gasteiger partial charge in [-0.2, -0.15) is 0 Å². The van der Waals surface area contributed by atoms with Gasteiger partial charge in [0.25, 0.3) is 5.56 Å². The maximum atomic E-state index is 12.4. The fraction of sp³-hybridized carbons (Fsp3) is 0.438. The van der Waals surface area contributed by atoms with E-state index >= 15 is 0 Å². The van der Waals surface area contributed by atoms with Crippen LogP contribution in [0.4, 0.5) is 0 Å². The van der Waals surface area contributed by atoms with E-state index in [0.29, 0.717) is 23.5 Å². The number of carbonyl (C=O) groups excluding carboxylic acids is 1. The van der Waals surface area contributed by atoms with Crippen molar-refractivity contribution in [1.29, 1.82) is 0 Å². The van der Waals surface area contributed by atoms with Crippen molar-refractivity contribution in [2.75, 3.05) is 20.1 Å². The van der Waals surface area contributed by atoms with E-state index in [9.17, 15) is 9.59 Å². The van der Waals surface area contributed by atoms with Crippen molar-refractivity contribution in [1.82, 2.24) is 19.8 Å². The van der Waals surface area contributed by atoms with E-state index in [4.69, 9.17) is 0 Å². The average molecular weight is 337 g/mol. The summed E-state index contributed by atoms with van der Waals surface area (Å²) in [4.78, 5) is 30.9. The van der Waals surface area contributed by atoms with Gasteiger partial charge in [0.2, 0.25) is 5.91 Å². The van der Waals surface area contributed by atoms with Crippen molar-refractivity contribution >= 4 is 29.2 Å². The Balaban J connectivity index is 0.00000192. The standard InChI is InChI=1S/C16H20N4O2.ClH/c1-17-12-5-4-8-19(9-12)15(21)10-20-11-18-14-7-3-2-6-13(14)16(20)22;/h2-3,6-7,11-12,17H,4-5,8-10H2,1H3;1H. The van der Waals surface area contributed by atoms with E-state index in [-0.39, 0.29) is 30.4 Å². The van der Waals surface area contributed by atoms with Crippen molar-refractivity contribution in [2.45, 2.75) is 25.4 Å². The molecule has 2 heterocycles. The van der Waals surface area contributed by atoms with E-state index in [1.165, 1.54) is 10.9 Å². The van der Waals surface area contributed by atoms with Crippen LogP contribution >= 0.6 is 12.4 Å². The zero-order chi connectivity index (χ0) is 15.5. The molecular formula is C16H21ClN4O2. The van der Waals surface area contributed by atoms with Crippen molar-refractivity contribution in [3.05, 3.63) is 40.9 Å². The number of nitrogens with one attached hydrogen (secondary N) is 1. The molecule has 1 atom stereocenters. The first-order valence-corrected chi connectivity index (χ1v) is 7.58. The minimum Gasteiger partial charge on any atom is -0.340 e. The molecule has 23 heavy (non-hydrogen) atoms. The molecule has 3 rings (SSSR count). The molecule has 124 valence electrons. The summed E-state index contributed by atoms with van der Waals surface area (Å²) in [5.41, 5.74) is 0.491. The van der Waals surface area contributed by atoms with E-state index in [1.807, 2.05) is 18.0 Å². The number of halogens is 1.